The second-order valence-corrected chi connectivity index (χ2v) is 10.0. The molecule has 0 aliphatic heterocycles. The van der Waals surface area contributed by atoms with Crippen LogP contribution in [0.2, 0.25) is 0 Å². The highest BCUT2D eigenvalue weighted by molar-refractivity contribution is 5.91. The SMILES string of the molecule is CC12CCC(=O)C=C1CCC1C2CC[C@@]2(C)C1CC[C@@H]2c1ccc(=O)oc1. The predicted molar refractivity (Wildman–Crippen MR) is 104 cm³/mol. The van der Waals surface area contributed by atoms with Gasteiger partial charge in [-0.1, -0.05) is 19.4 Å². The molecule has 4 aliphatic carbocycles. The highest BCUT2D eigenvalue weighted by Crippen LogP contribution is 2.68. The van der Waals surface area contributed by atoms with Gasteiger partial charge in [0.05, 0.1) is 6.26 Å². The summed E-state index contributed by atoms with van der Waals surface area (Å²) in [5.41, 5.74) is 2.96. The van der Waals surface area contributed by atoms with E-state index in [4.69, 9.17) is 4.42 Å². The molecule has 6 atom stereocenters. The molecule has 1 heterocycles. The van der Waals surface area contributed by atoms with Gasteiger partial charge >= 0.3 is 5.63 Å². The Morgan fingerprint density at radius 1 is 0.963 bits per heavy atom. The molecule has 0 spiro atoms. The summed E-state index contributed by atoms with van der Waals surface area (Å²) in [4.78, 5) is 23.4. The van der Waals surface area contributed by atoms with Crippen LogP contribution < -0.4 is 5.63 Å². The number of rotatable bonds is 1. The normalized spacial score (nSPS) is 43.5. The molecule has 0 radical (unpaired) electrons. The van der Waals surface area contributed by atoms with E-state index in [1.54, 1.807) is 12.3 Å². The highest BCUT2D eigenvalue weighted by Gasteiger charge is 2.59. The number of fused-ring (bicyclic) bond motifs is 5. The van der Waals surface area contributed by atoms with E-state index < -0.39 is 0 Å². The third-order valence-corrected chi connectivity index (χ3v) is 9.09. The molecule has 4 aliphatic rings. The summed E-state index contributed by atoms with van der Waals surface area (Å²) < 4.78 is 5.20. The smallest absolute Gasteiger partial charge is 0.335 e. The van der Waals surface area contributed by atoms with Gasteiger partial charge in [-0.2, -0.15) is 0 Å². The zero-order valence-corrected chi connectivity index (χ0v) is 16.5. The fourth-order valence-electron chi connectivity index (χ4n) is 7.67. The van der Waals surface area contributed by atoms with Crippen LogP contribution in [-0.2, 0) is 4.79 Å². The molecule has 4 unspecified atom stereocenters. The van der Waals surface area contributed by atoms with Crippen LogP contribution in [-0.4, -0.2) is 5.78 Å². The van der Waals surface area contributed by atoms with E-state index in [2.05, 4.69) is 13.8 Å². The van der Waals surface area contributed by atoms with Gasteiger partial charge in [-0.05, 0) is 97.2 Å². The van der Waals surface area contributed by atoms with Crippen LogP contribution in [0.15, 0.2) is 39.3 Å². The number of carbonyl (C=O) groups excluding carboxylic acids is 1. The van der Waals surface area contributed by atoms with Gasteiger partial charge in [0.15, 0.2) is 5.78 Å². The Labute approximate surface area is 161 Å². The molecule has 1 aromatic rings. The molecule has 0 amide bonds. The van der Waals surface area contributed by atoms with E-state index in [-0.39, 0.29) is 11.0 Å². The van der Waals surface area contributed by atoms with Crippen LogP contribution in [0.5, 0.6) is 0 Å². The van der Waals surface area contributed by atoms with Gasteiger partial charge < -0.3 is 4.42 Å². The van der Waals surface area contributed by atoms with Gasteiger partial charge in [0, 0.05) is 12.5 Å². The van der Waals surface area contributed by atoms with Gasteiger partial charge in [-0.3, -0.25) is 4.79 Å². The summed E-state index contributed by atoms with van der Waals surface area (Å²) in [6.07, 6.45) is 12.9. The minimum atomic E-state index is -0.256. The monoisotopic (exact) mass is 366 g/mol. The average molecular weight is 367 g/mol. The minimum Gasteiger partial charge on any atom is -0.431 e. The molecule has 27 heavy (non-hydrogen) atoms. The van der Waals surface area contributed by atoms with Crippen molar-refractivity contribution in [3.8, 4) is 0 Å². The van der Waals surface area contributed by atoms with Crippen LogP contribution in [0.1, 0.15) is 76.7 Å². The molecule has 0 bridgehead atoms. The maximum Gasteiger partial charge on any atom is 0.335 e. The van der Waals surface area contributed by atoms with Gasteiger partial charge in [-0.15, -0.1) is 0 Å². The zero-order valence-electron chi connectivity index (χ0n) is 16.5. The second kappa shape index (κ2) is 5.93. The minimum absolute atomic E-state index is 0.246. The largest absolute Gasteiger partial charge is 0.431 e. The van der Waals surface area contributed by atoms with Crippen molar-refractivity contribution in [1.82, 2.24) is 0 Å². The number of ketones is 1. The Hall–Kier alpha value is -1.64. The number of hydrogen-bond acceptors (Lipinski definition) is 3. The Morgan fingerprint density at radius 3 is 2.59 bits per heavy atom. The summed E-state index contributed by atoms with van der Waals surface area (Å²) in [5.74, 6) is 3.11. The Morgan fingerprint density at radius 2 is 1.81 bits per heavy atom. The molecule has 144 valence electrons. The summed E-state index contributed by atoms with van der Waals surface area (Å²) in [6, 6.07) is 3.57. The van der Waals surface area contributed by atoms with E-state index in [1.807, 2.05) is 12.1 Å². The number of hydrogen-bond donors (Lipinski definition) is 0. The van der Waals surface area contributed by atoms with Crippen LogP contribution in [0.3, 0.4) is 0 Å². The second-order valence-electron chi connectivity index (χ2n) is 10.0. The summed E-state index contributed by atoms with van der Waals surface area (Å²) in [6.45, 7) is 4.94. The van der Waals surface area contributed by atoms with E-state index in [0.29, 0.717) is 17.1 Å². The average Bonchev–Trinajstić information content (AvgIpc) is 3.00. The number of allylic oxidation sites excluding steroid dienone is 1. The Kier molecular flexibility index (Phi) is 3.83. The van der Waals surface area contributed by atoms with Crippen molar-refractivity contribution in [2.45, 2.75) is 71.1 Å². The molecule has 3 heteroatoms. The van der Waals surface area contributed by atoms with Crippen molar-refractivity contribution in [2.24, 2.45) is 28.6 Å². The topological polar surface area (TPSA) is 47.3 Å². The molecular weight excluding hydrogens is 336 g/mol. The van der Waals surface area contributed by atoms with Gasteiger partial charge in [-0.25, -0.2) is 4.79 Å². The first kappa shape index (κ1) is 17.5. The standard InChI is InChI=1S/C24H30O3/c1-23-11-9-17(25)13-16(23)4-5-18-20-7-6-19(15-3-8-22(26)27-14-15)24(20,2)12-10-21(18)23/h3,8,13-14,18-21H,4-7,9-12H2,1-2H3/t18?,19-,20?,21?,23?,24-/m1/s1. The maximum atomic E-state index is 12.0. The lowest BCUT2D eigenvalue weighted by molar-refractivity contribution is -0.117. The van der Waals surface area contributed by atoms with E-state index in [9.17, 15) is 9.59 Å². The Bertz CT molecular complexity index is 844. The highest BCUT2D eigenvalue weighted by atomic mass is 16.4. The van der Waals surface area contributed by atoms with Crippen molar-refractivity contribution >= 4 is 5.78 Å². The summed E-state index contributed by atoms with van der Waals surface area (Å²) in [5, 5.41) is 0. The van der Waals surface area contributed by atoms with Crippen LogP contribution >= 0.6 is 0 Å². The molecular formula is C24H30O3. The first-order chi connectivity index (χ1) is 12.9. The van der Waals surface area contributed by atoms with Crippen molar-refractivity contribution in [3.05, 3.63) is 46.0 Å². The Balaban J connectivity index is 1.47. The fraction of sp³-hybridized carbons (Fsp3) is 0.667. The van der Waals surface area contributed by atoms with E-state index >= 15 is 0 Å². The molecule has 3 fully saturated rings. The van der Waals surface area contributed by atoms with Crippen molar-refractivity contribution in [1.29, 1.82) is 0 Å². The third-order valence-electron chi connectivity index (χ3n) is 9.09. The molecule has 3 saturated carbocycles. The first-order valence-electron chi connectivity index (χ1n) is 10.7. The van der Waals surface area contributed by atoms with Crippen LogP contribution in [0, 0.1) is 28.6 Å². The van der Waals surface area contributed by atoms with Crippen molar-refractivity contribution < 1.29 is 9.21 Å². The molecule has 0 N–H and O–H groups in total. The van der Waals surface area contributed by atoms with E-state index in [0.717, 1.165) is 37.0 Å². The van der Waals surface area contributed by atoms with Gasteiger partial charge in [0.1, 0.15) is 0 Å². The zero-order chi connectivity index (χ0) is 18.8. The lowest BCUT2D eigenvalue weighted by atomic mass is 9.46. The number of carbonyl (C=O) groups is 1. The fourth-order valence-corrected chi connectivity index (χ4v) is 7.67. The van der Waals surface area contributed by atoms with Crippen LogP contribution in [0.25, 0.3) is 0 Å². The third kappa shape index (κ3) is 2.46. The van der Waals surface area contributed by atoms with Gasteiger partial charge in [0.25, 0.3) is 0 Å². The van der Waals surface area contributed by atoms with Crippen molar-refractivity contribution in [2.75, 3.05) is 0 Å². The predicted octanol–water partition coefficient (Wildman–Crippen LogP) is 5.26. The van der Waals surface area contributed by atoms with Crippen molar-refractivity contribution in [3.63, 3.8) is 0 Å². The quantitative estimate of drug-likeness (QED) is 0.681. The summed E-state index contributed by atoms with van der Waals surface area (Å²) >= 11 is 0. The molecule has 0 aromatic carbocycles. The maximum absolute atomic E-state index is 12.0. The molecule has 5 rings (SSSR count). The van der Waals surface area contributed by atoms with Crippen LogP contribution in [0.4, 0.5) is 0 Å². The lowest BCUT2D eigenvalue weighted by Gasteiger charge is -2.58. The summed E-state index contributed by atoms with van der Waals surface area (Å²) in [7, 11) is 0. The van der Waals surface area contributed by atoms with E-state index in [1.165, 1.54) is 43.2 Å². The van der Waals surface area contributed by atoms with Gasteiger partial charge in [0.2, 0.25) is 0 Å². The molecule has 1 aromatic heterocycles. The molecule has 3 nitrogen and oxygen atoms in total. The lowest BCUT2D eigenvalue weighted by Crippen LogP contribution is -2.50. The first-order valence-corrected chi connectivity index (χ1v) is 10.7. The molecule has 0 saturated heterocycles.